The second-order valence-electron chi connectivity index (χ2n) is 11.9. The lowest BCUT2D eigenvalue weighted by Gasteiger charge is -2.40. The smallest absolute Gasteiger partial charge is 0.426 e. The van der Waals surface area contributed by atoms with E-state index in [0.717, 1.165) is 16.0 Å². The first kappa shape index (κ1) is 29.8. The Kier molecular flexibility index (Phi) is 7.46. The van der Waals surface area contributed by atoms with Crippen LogP contribution in [0.4, 0.5) is 18.0 Å². The zero-order valence-electron chi connectivity index (χ0n) is 24.1. The maximum Gasteiger partial charge on any atom is 0.426 e. The van der Waals surface area contributed by atoms with E-state index in [9.17, 15) is 27.9 Å². The molecule has 0 saturated carbocycles. The van der Waals surface area contributed by atoms with Crippen LogP contribution in [-0.4, -0.2) is 85.5 Å². The number of aromatic amines is 1. The fourth-order valence-electron chi connectivity index (χ4n) is 5.30. The Morgan fingerprint density at radius 1 is 1.17 bits per heavy atom. The Hall–Kier alpha value is -3.71. The Bertz CT molecular complexity index is 1530. The van der Waals surface area contributed by atoms with Crippen LogP contribution in [0.5, 0.6) is 0 Å². The Labute approximate surface area is 240 Å². The molecule has 0 radical (unpaired) electrons. The number of carbonyl (C=O) groups is 2. The van der Waals surface area contributed by atoms with Gasteiger partial charge in [0.25, 0.3) is 5.91 Å². The number of carbonyl (C=O) groups excluding carboxylic acids is 2. The third-order valence-corrected chi connectivity index (χ3v) is 7.62. The number of benzene rings is 1. The Morgan fingerprint density at radius 3 is 2.60 bits per heavy atom. The monoisotopic (exact) mass is 589 g/mol. The topological polar surface area (TPSA) is 121 Å². The summed E-state index contributed by atoms with van der Waals surface area (Å²) in [6.07, 6.45) is -2.02. The summed E-state index contributed by atoms with van der Waals surface area (Å²) >= 11 is 0. The highest BCUT2D eigenvalue weighted by atomic mass is 19.4. The second kappa shape index (κ2) is 10.5. The number of amides is 2. The van der Waals surface area contributed by atoms with Crippen LogP contribution in [0.15, 0.2) is 24.5 Å². The van der Waals surface area contributed by atoms with E-state index in [0.29, 0.717) is 40.5 Å². The van der Waals surface area contributed by atoms with Gasteiger partial charge in [-0.15, -0.1) is 0 Å². The molecule has 2 amide bonds. The molecular formula is C29H34F3N5O5. The maximum atomic E-state index is 13.5. The van der Waals surface area contributed by atoms with E-state index in [2.05, 4.69) is 9.97 Å². The van der Waals surface area contributed by atoms with Crippen LogP contribution < -0.4 is 0 Å². The number of aliphatic hydroxyl groups is 1. The van der Waals surface area contributed by atoms with Crippen LogP contribution in [0.3, 0.4) is 0 Å². The fraction of sp³-hybridized carbons (Fsp3) is 0.517. The van der Waals surface area contributed by atoms with Gasteiger partial charge >= 0.3 is 12.3 Å². The molecule has 0 bridgehead atoms. The van der Waals surface area contributed by atoms with Crippen LogP contribution in [0.25, 0.3) is 22.4 Å². The zero-order valence-corrected chi connectivity index (χ0v) is 24.1. The van der Waals surface area contributed by atoms with Crippen molar-refractivity contribution in [2.45, 2.75) is 71.0 Å². The van der Waals surface area contributed by atoms with Crippen LogP contribution >= 0.6 is 0 Å². The predicted molar refractivity (Wildman–Crippen MR) is 146 cm³/mol. The second-order valence-corrected chi connectivity index (χ2v) is 11.9. The van der Waals surface area contributed by atoms with Gasteiger partial charge in [-0.2, -0.15) is 13.2 Å². The molecule has 2 N–H and O–H groups in total. The number of aryl methyl sites for hydroxylation is 1. The minimum absolute atomic E-state index is 0.0282. The number of alkyl halides is 3. The van der Waals surface area contributed by atoms with Crippen molar-refractivity contribution in [3.05, 3.63) is 46.8 Å². The minimum Gasteiger partial charge on any atom is -0.444 e. The van der Waals surface area contributed by atoms with Crippen LogP contribution in [0, 0.1) is 6.92 Å². The van der Waals surface area contributed by atoms with Gasteiger partial charge in [0, 0.05) is 31.4 Å². The fourth-order valence-corrected chi connectivity index (χ4v) is 5.30. The molecule has 2 atom stereocenters. The summed E-state index contributed by atoms with van der Waals surface area (Å²) in [7, 11) is 0. The summed E-state index contributed by atoms with van der Waals surface area (Å²) in [4.78, 5) is 41.1. The average Bonchev–Trinajstić information content (AvgIpc) is 3.30. The van der Waals surface area contributed by atoms with Gasteiger partial charge in [-0.05, 0) is 75.4 Å². The van der Waals surface area contributed by atoms with Crippen LogP contribution in [0.2, 0.25) is 0 Å². The summed E-state index contributed by atoms with van der Waals surface area (Å²) in [5.74, 6) is -1.43. The molecule has 42 heavy (non-hydrogen) atoms. The minimum atomic E-state index is -5.14. The molecule has 0 spiro atoms. The van der Waals surface area contributed by atoms with E-state index in [-0.39, 0.29) is 39.3 Å². The van der Waals surface area contributed by atoms with E-state index >= 15 is 0 Å². The molecule has 2 aliphatic rings. The third kappa shape index (κ3) is 5.54. The predicted octanol–water partition coefficient (Wildman–Crippen LogP) is 4.44. The Morgan fingerprint density at radius 2 is 1.90 bits per heavy atom. The van der Waals surface area contributed by atoms with Gasteiger partial charge < -0.3 is 24.5 Å². The SMILES string of the molecule is Cc1c[nH]c2ncc(-c3cc4c(c([C@@H]5COCCN5C(=O)OC(C)(C)C)c3)CN(C(=O)C(C)(O)C(F)(F)F)CC4)nc12. The number of aromatic nitrogens is 3. The number of ether oxygens (including phenoxy) is 2. The normalized spacial score (nSPS) is 19.4. The van der Waals surface area contributed by atoms with Crippen molar-refractivity contribution >= 4 is 23.2 Å². The van der Waals surface area contributed by atoms with Crippen molar-refractivity contribution in [1.29, 1.82) is 0 Å². The van der Waals surface area contributed by atoms with E-state index < -0.39 is 35.4 Å². The molecule has 4 heterocycles. The van der Waals surface area contributed by atoms with E-state index in [1.54, 1.807) is 31.9 Å². The van der Waals surface area contributed by atoms with Gasteiger partial charge in [-0.3, -0.25) is 9.69 Å². The standard InChI is InChI=1S/C29H34F3N5O5/c1-16-12-33-24-23(16)35-21(13-34-24)18-10-17-6-7-36(25(38)28(5,40)29(30,31)32)14-20(17)19(11-18)22-15-41-9-8-37(22)26(39)42-27(2,3)4/h10-13,22,40H,6-9,14-15H2,1-5H3,(H,33,34)/t22-,28?/m0/s1. The van der Waals surface area contributed by atoms with Crippen molar-refractivity contribution < 1.29 is 37.3 Å². The number of rotatable bonds is 3. The number of H-pyrrole nitrogens is 1. The summed E-state index contributed by atoms with van der Waals surface area (Å²) in [6, 6.07) is 3.07. The number of hydrogen-bond acceptors (Lipinski definition) is 7. The number of hydrogen-bond donors (Lipinski definition) is 2. The summed E-state index contributed by atoms with van der Waals surface area (Å²) in [5.41, 5.74) is 1.22. The average molecular weight is 590 g/mol. The number of nitrogens with one attached hydrogen (secondary N) is 1. The van der Waals surface area contributed by atoms with Crippen molar-refractivity contribution in [3.63, 3.8) is 0 Å². The molecule has 3 aromatic rings. The zero-order chi connectivity index (χ0) is 30.6. The van der Waals surface area contributed by atoms with E-state index in [4.69, 9.17) is 14.5 Å². The molecule has 2 aliphatic heterocycles. The highest BCUT2D eigenvalue weighted by Crippen LogP contribution is 2.38. The highest BCUT2D eigenvalue weighted by molar-refractivity contribution is 5.86. The molecular weight excluding hydrogens is 555 g/mol. The molecule has 1 aromatic carbocycles. The number of fused-ring (bicyclic) bond motifs is 2. The van der Waals surface area contributed by atoms with E-state index in [1.807, 2.05) is 25.3 Å². The highest BCUT2D eigenvalue weighted by Gasteiger charge is 2.57. The largest absolute Gasteiger partial charge is 0.444 e. The first-order valence-electron chi connectivity index (χ1n) is 13.7. The van der Waals surface area contributed by atoms with Crippen molar-refractivity contribution in [1.82, 2.24) is 24.8 Å². The molecule has 13 heteroatoms. The molecule has 226 valence electrons. The maximum absolute atomic E-state index is 13.5. The lowest BCUT2D eigenvalue weighted by Crippen LogP contribution is -2.57. The number of halogens is 3. The van der Waals surface area contributed by atoms with Gasteiger partial charge in [0.1, 0.15) is 11.1 Å². The summed E-state index contributed by atoms with van der Waals surface area (Å²) in [6.45, 7) is 8.08. The van der Waals surface area contributed by atoms with Crippen molar-refractivity contribution in [3.8, 4) is 11.3 Å². The van der Waals surface area contributed by atoms with Crippen molar-refractivity contribution in [2.75, 3.05) is 26.3 Å². The Balaban J connectivity index is 1.61. The summed E-state index contributed by atoms with van der Waals surface area (Å²) in [5, 5.41) is 10.1. The van der Waals surface area contributed by atoms with Crippen LogP contribution in [-0.2, 0) is 27.2 Å². The van der Waals surface area contributed by atoms with Gasteiger partial charge in [0.2, 0.25) is 5.60 Å². The molecule has 1 saturated heterocycles. The lowest BCUT2D eigenvalue weighted by molar-refractivity contribution is -0.250. The first-order valence-corrected chi connectivity index (χ1v) is 13.7. The lowest BCUT2D eigenvalue weighted by atomic mass is 9.87. The molecule has 1 unspecified atom stereocenters. The number of nitrogens with zero attached hydrogens (tertiary/aromatic N) is 4. The van der Waals surface area contributed by atoms with Crippen LogP contribution in [0.1, 0.15) is 56.0 Å². The molecule has 1 fully saturated rings. The number of morpholine rings is 1. The van der Waals surface area contributed by atoms with E-state index in [1.165, 1.54) is 0 Å². The molecule has 5 rings (SSSR count). The molecule has 0 aliphatic carbocycles. The summed E-state index contributed by atoms with van der Waals surface area (Å²) < 4.78 is 52.1. The van der Waals surface area contributed by atoms with Gasteiger partial charge in [-0.1, -0.05) is 0 Å². The molecule has 10 nitrogen and oxygen atoms in total. The van der Waals surface area contributed by atoms with Gasteiger partial charge in [0.05, 0.1) is 31.1 Å². The third-order valence-electron chi connectivity index (χ3n) is 7.62. The van der Waals surface area contributed by atoms with Gasteiger partial charge in [-0.25, -0.2) is 14.8 Å². The molecule has 2 aromatic heterocycles. The quantitative estimate of drug-likeness (QED) is 0.464. The van der Waals surface area contributed by atoms with Gasteiger partial charge in [0.15, 0.2) is 5.65 Å². The van der Waals surface area contributed by atoms with Crippen molar-refractivity contribution in [2.24, 2.45) is 0 Å². The first-order chi connectivity index (χ1) is 19.6.